The molecule has 0 bridgehead atoms. The number of carboxylic acid groups (broad SMARTS) is 1. The van der Waals surface area contributed by atoms with E-state index >= 15 is 0 Å². The first-order valence-corrected chi connectivity index (χ1v) is 6.74. The van der Waals surface area contributed by atoms with E-state index in [2.05, 4.69) is 5.32 Å². The van der Waals surface area contributed by atoms with E-state index in [0.717, 1.165) is 31.4 Å². The number of carbonyl (C=O) groups is 2. The number of para-hydroxylation sites is 1. The van der Waals surface area contributed by atoms with Crippen LogP contribution in [0.25, 0.3) is 0 Å². The third-order valence-electron chi connectivity index (χ3n) is 3.74. The molecule has 0 spiro atoms. The predicted octanol–water partition coefficient (Wildman–Crippen LogP) is 2.91. The van der Waals surface area contributed by atoms with E-state index in [0.29, 0.717) is 0 Å². The Bertz CT molecular complexity index is 438. The summed E-state index contributed by atoms with van der Waals surface area (Å²) in [5, 5.41) is 11.8. The highest BCUT2D eigenvalue weighted by Crippen LogP contribution is 2.33. The highest BCUT2D eigenvalue weighted by atomic mass is 16.4. The van der Waals surface area contributed by atoms with Gasteiger partial charge in [0.25, 0.3) is 0 Å². The van der Waals surface area contributed by atoms with Crippen molar-refractivity contribution in [3.63, 3.8) is 0 Å². The smallest absolute Gasteiger partial charge is 0.304 e. The van der Waals surface area contributed by atoms with Gasteiger partial charge in [0.05, 0.1) is 12.3 Å². The molecule has 1 aromatic rings. The van der Waals surface area contributed by atoms with Gasteiger partial charge in [-0.2, -0.15) is 0 Å². The first-order valence-electron chi connectivity index (χ1n) is 6.74. The highest BCUT2D eigenvalue weighted by Gasteiger charge is 2.32. The minimum absolute atomic E-state index is 0.0800. The Morgan fingerprint density at radius 1 is 1.21 bits per heavy atom. The largest absolute Gasteiger partial charge is 0.481 e. The Kier molecular flexibility index (Phi) is 4.55. The molecule has 1 fully saturated rings. The molecule has 0 saturated heterocycles. The van der Waals surface area contributed by atoms with E-state index in [9.17, 15) is 9.59 Å². The summed E-state index contributed by atoms with van der Waals surface area (Å²) in [6, 6.07) is 9.19. The summed E-state index contributed by atoms with van der Waals surface area (Å²) in [4.78, 5) is 23.2. The van der Waals surface area contributed by atoms with Gasteiger partial charge in [0, 0.05) is 5.69 Å². The molecule has 2 N–H and O–H groups in total. The number of amides is 1. The van der Waals surface area contributed by atoms with E-state index in [-0.39, 0.29) is 18.2 Å². The van der Waals surface area contributed by atoms with Gasteiger partial charge in [-0.15, -0.1) is 0 Å². The Hall–Kier alpha value is -1.84. The molecule has 1 aromatic carbocycles. The molecule has 0 aromatic heterocycles. The number of hydrogen-bond acceptors (Lipinski definition) is 2. The fourth-order valence-corrected chi connectivity index (χ4v) is 2.78. The summed E-state index contributed by atoms with van der Waals surface area (Å²) in [5.74, 6) is -1.28. The second-order valence-corrected chi connectivity index (χ2v) is 5.10. The molecule has 1 unspecified atom stereocenters. The number of nitrogens with one attached hydrogen (secondary N) is 1. The molecule has 0 heterocycles. The number of hydrogen-bond donors (Lipinski definition) is 2. The Morgan fingerprint density at radius 3 is 2.42 bits per heavy atom. The van der Waals surface area contributed by atoms with Crippen molar-refractivity contribution in [1.29, 1.82) is 0 Å². The molecule has 1 aliphatic rings. The van der Waals surface area contributed by atoms with E-state index in [1.54, 1.807) is 0 Å². The lowest BCUT2D eigenvalue weighted by molar-refractivity contribution is -0.141. The summed E-state index contributed by atoms with van der Waals surface area (Å²) in [7, 11) is 0. The van der Waals surface area contributed by atoms with Crippen LogP contribution in [0.5, 0.6) is 0 Å². The van der Waals surface area contributed by atoms with Crippen LogP contribution in [-0.4, -0.2) is 17.0 Å². The lowest BCUT2D eigenvalue weighted by atomic mass is 9.87. The summed E-state index contributed by atoms with van der Waals surface area (Å²) in [6.45, 7) is 0. The van der Waals surface area contributed by atoms with Gasteiger partial charge < -0.3 is 10.4 Å². The second-order valence-electron chi connectivity index (χ2n) is 5.10. The van der Waals surface area contributed by atoms with Crippen LogP contribution in [0, 0.1) is 11.8 Å². The van der Waals surface area contributed by atoms with Crippen molar-refractivity contribution in [2.24, 2.45) is 11.8 Å². The second kappa shape index (κ2) is 6.36. The first-order chi connectivity index (χ1) is 9.16. The number of rotatable bonds is 5. The van der Waals surface area contributed by atoms with Crippen LogP contribution < -0.4 is 5.32 Å². The van der Waals surface area contributed by atoms with Crippen molar-refractivity contribution in [1.82, 2.24) is 0 Å². The zero-order chi connectivity index (χ0) is 13.7. The summed E-state index contributed by atoms with van der Waals surface area (Å²) in [6.07, 6.45) is 4.03. The molecule has 4 nitrogen and oxygen atoms in total. The number of aliphatic carboxylic acids is 1. The monoisotopic (exact) mass is 261 g/mol. The molecule has 1 saturated carbocycles. The molecule has 1 amide bonds. The molecule has 4 heteroatoms. The summed E-state index contributed by atoms with van der Waals surface area (Å²) in [5.41, 5.74) is 0.723. The maximum absolute atomic E-state index is 12.3. The van der Waals surface area contributed by atoms with E-state index in [4.69, 9.17) is 5.11 Å². The summed E-state index contributed by atoms with van der Waals surface area (Å²) < 4.78 is 0. The number of carbonyl (C=O) groups excluding carboxylic acids is 1. The van der Waals surface area contributed by atoms with E-state index in [1.807, 2.05) is 30.3 Å². The van der Waals surface area contributed by atoms with E-state index in [1.165, 1.54) is 0 Å². The normalized spacial score (nSPS) is 17.1. The van der Waals surface area contributed by atoms with Crippen molar-refractivity contribution < 1.29 is 14.7 Å². The number of anilines is 1. The Balaban J connectivity index is 2.04. The molecular formula is C15H19NO3. The van der Waals surface area contributed by atoms with Crippen LogP contribution in [0.3, 0.4) is 0 Å². The zero-order valence-corrected chi connectivity index (χ0v) is 10.8. The van der Waals surface area contributed by atoms with Gasteiger partial charge in [-0.05, 0) is 30.9 Å². The molecule has 2 rings (SSSR count). The quantitative estimate of drug-likeness (QED) is 0.856. The standard InChI is InChI=1S/C15H19NO3/c17-14(18)10-13(11-6-4-5-7-11)15(19)16-12-8-2-1-3-9-12/h1-3,8-9,11,13H,4-7,10H2,(H,16,19)(H,17,18). The average molecular weight is 261 g/mol. The fraction of sp³-hybridized carbons (Fsp3) is 0.467. The Labute approximate surface area is 112 Å². The minimum atomic E-state index is -0.903. The SMILES string of the molecule is O=C(O)CC(C(=O)Nc1ccccc1)C1CCCC1. The lowest BCUT2D eigenvalue weighted by Crippen LogP contribution is -2.30. The van der Waals surface area contributed by atoms with Gasteiger partial charge in [0.15, 0.2) is 0 Å². The van der Waals surface area contributed by atoms with Crippen LogP contribution >= 0.6 is 0 Å². The first kappa shape index (κ1) is 13.6. The molecule has 0 radical (unpaired) electrons. The fourth-order valence-electron chi connectivity index (χ4n) is 2.78. The van der Waals surface area contributed by atoms with Crippen molar-refractivity contribution in [2.45, 2.75) is 32.1 Å². The van der Waals surface area contributed by atoms with Crippen molar-refractivity contribution in [2.75, 3.05) is 5.32 Å². The van der Waals surface area contributed by atoms with Crippen molar-refractivity contribution >= 4 is 17.6 Å². The van der Waals surface area contributed by atoms with Crippen LogP contribution in [0.1, 0.15) is 32.1 Å². The van der Waals surface area contributed by atoms with Crippen LogP contribution in [-0.2, 0) is 9.59 Å². The third kappa shape index (κ3) is 3.81. The topological polar surface area (TPSA) is 66.4 Å². The highest BCUT2D eigenvalue weighted by molar-refractivity contribution is 5.94. The lowest BCUT2D eigenvalue weighted by Gasteiger charge is -2.21. The van der Waals surface area contributed by atoms with Crippen molar-refractivity contribution in [3.05, 3.63) is 30.3 Å². The van der Waals surface area contributed by atoms with Crippen LogP contribution in [0.4, 0.5) is 5.69 Å². The molecule has 102 valence electrons. The van der Waals surface area contributed by atoms with Gasteiger partial charge in [0.1, 0.15) is 0 Å². The van der Waals surface area contributed by atoms with Gasteiger partial charge >= 0.3 is 5.97 Å². The maximum Gasteiger partial charge on any atom is 0.304 e. The van der Waals surface area contributed by atoms with E-state index < -0.39 is 11.9 Å². The minimum Gasteiger partial charge on any atom is -0.481 e. The molecule has 0 aliphatic heterocycles. The Morgan fingerprint density at radius 2 is 1.84 bits per heavy atom. The number of carboxylic acids is 1. The third-order valence-corrected chi connectivity index (χ3v) is 3.74. The van der Waals surface area contributed by atoms with Gasteiger partial charge in [-0.1, -0.05) is 31.0 Å². The molecule has 1 atom stereocenters. The maximum atomic E-state index is 12.3. The van der Waals surface area contributed by atoms with Crippen LogP contribution in [0.2, 0.25) is 0 Å². The predicted molar refractivity (Wildman–Crippen MR) is 72.8 cm³/mol. The zero-order valence-electron chi connectivity index (χ0n) is 10.8. The van der Waals surface area contributed by atoms with Gasteiger partial charge in [0.2, 0.25) is 5.91 Å². The van der Waals surface area contributed by atoms with Crippen molar-refractivity contribution in [3.8, 4) is 0 Å². The molecule has 19 heavy (non-hydrogen) atoms. The van der Waals surface area contributed by atoms with Crippen LogP contribution in [0.15, 0.2) is 30.3 Å². The average Bonchev–Trinajstić information content (AvgIpc) is 2.90. The van der Waals surface area contributed by atoms with Gasteiger partial charge in [-0.25, -0.2) is 0 Å². The molecule has 1 aliphatic carbocycles. The summed E-state index contributed by atoms with van der Waals surface area (Å²) >= 11 is 0. The number of benzene rings is 1. The molecular weight excluding hydrogens is 242 g/mol. The van der Waals surface area contributed by atoms with Gasteiger partial charge in [-0.3, -0.25) is 9.59 Å².